The van der Waals surface area contributed by atoms with Crippen LogP contribution in [0.15, 0.2) is 12.4 Å². The molecular formula is C11H16F3N3O2. The van der Waals surface area contributed by atoms with E-state index in [-0.39, 0.29) is 26.3 Å². The SMILES string of the molecule is Cc1cc(N(CCO)CCOCC(F)(F)F)ncn1. The van der Waals surface area contributed by atoms with Gasteiger partial charge in [0.1, 0.15) is 18.8 Å². The number of ether oxygens (including phenoxy) is 1. The molecule has 0 aromatic carbocycles. The highest BCUT2D eigenvalue weighted by atomic mass is 19.4. The molecule has 108 valence electrons. The average Bonchev–Trinajstić information content (AvgIpc) is 2.32. The maximum Gasteiger partial charge on any atom is 0.411 e. The van der Waals surface area contributed by atoms with Crippen LogP contribution in [-0.2, 0) is 4.74 Å². The maximum atomic E-state index is 11.9. The molecule has 0 spiro atoms. The van der Waals surface area contributed by atoms with Crippen molar-refractivity contribution in [3.8, 4) is 0 Å². The number of hydrogen-bond donors (Lipinski definition) is 1. The molecule has 1 heterocycles. The smallest absolute Gasteiger partial charge is 0.395 e. The van der Waals surface area contributed by atoms with E-state index in [1.807, 2.05) is 0 Å². The Kier molecular flexibility index (Phi) is 5.97. The van der Waals surface area contributed by atoms with Gasteiger partial charge < -0.3 is 14.7 Å². The van der Waals surface area contributed by atoms with Gasteiger partial charge in [-0.1, -0.05) is 0 Å². The number of nitrogens with zero attached hydrogens (tertiary/aromatic N) is 3. The minimum absolute atomic E-state index is 0.0947. The van der Waals surface area contributed by atoms with Gasteiger partial charge in [0.25, 0.3) is 0 Å². The van der Waals surface area contributed by atoms with E-state index in [1.165, 1.54) is 6.33 Å². The van der Waals surface area contributed by atoms with Gasteiger partial charge in [0.15, 0.2) is 0 Å². The number of rotatable bonds is 7. The van der Waals surface area contributed by atoms with Crippen LogP contribution >= 0.6 is 0 Å². The van der Waals surface area contributed by atoms with Crippen LogP contribution in [-0.4, -0.2) is 54.2 Å². The first-order valence-electron chi connectivity index (χ1n) is 5.71. The van der Waals surface area contributed by atoms with Crippen molar-refractivity contribution in [1.82, 2.24) is 9.97 Å². The molecule has 19 heavy (non-hydrogen) atoms. The predicted octanol–water partition coefficient (Wildman–Crippen LogP) is 1.16. The molecule has 1 aromatic heterocycles. The lowest BCUT2D eigenvalue weighted by Gasteiger charge is -2.22. The number of aryl methyl sites for hydroxylation is 1. The number of aliphatic hydroxyl groups is 1. The largest absolute Gasteiger partial charge is 0.411 e. The van der Waals surface area contributed by atoms with Crippen molar-refractivity contribution >= 4 is 5.82 Å². The highest BCUT2D eigenvalue weighted by Crippen LogP contribution is 2.15. The Morgan fingerprint density at radius 1 is 1.32 bits per heavy atom. The Balaban J connectivity index is 2.49. The zero-order valence-electron chi connectivity index (χ0n) is 10.5. The van der Waals surface area contributed by atoms with Crippen molar-refractivity contribution in [3.05, 3.63) is 18.1 Å². The van der Waals surface area contributed by atoms with Crippen LogP contribution in [0.1, 0.15) is 5.69 Å². The monoisotopic (exact) mass is 279 g/mol. The first kappa shape index (κ1) is 15.6. The van der Waals surface area contributed by atoms with Gasteiger partial charge in [0.2, 0.25) is 0 Å². The van der Waals surface area contributed by atoms with Gasteiger partial charge in [-0.25, -0.2) is 9.97 Å². The van der Waals surface area contributed by atoms with E-state index in [1.54, 1.807) is 17.9 Å². The van der Waals surface area contributed by atoms with Crippen molar-refractivity contribution in [3.63, 3.8) is 0 Å². The van der Waals surface area contributed by atoms with Gasteiger partial charge in [-0.05, 0) is 6.92 Å². The fourth-order valence-corrected chi connectivity index (χ4v) is 1.44. The van der Waals surface area contributed by atoms with Gasteiger partial charge in [-0.3, -0.25) is 0 Å². The van der Waals surface area contributed by atoms with Crippen LogP contribution in [0.25, 0.3) is 0 Å². The summed E-state index contributed by atoms with van der Waals surface area (Å²) in [6.07, 6.45) is -2.96. The molecule has 0 aliphatic heterocycles. The number of aromatic nitrogens is 2. The van der Waals surface area contributed by atoms with Crippen LogP contribution < -0.4 is 4.90 Å². The minimum Gasteiger partial charge on any atom is -0.395 e. The molecule has 0 saturated carbocycles. The number of halogens is 3. The van der Waals surface area contributed by atoms with Gasteiger partial charge in [0, 0.05) is 24.8 Å². The summed E-state index contributed by atoms with van der Waals surface area (Å²) in [7, 11) is 0. The number of aliphatic hydroxyl groups excluding tert-OH is 1. The molecule has 0 aliphatic rings. The third-order valence-corrected chi connectivity index (χ3v) is 2.25. The van der Waals surface area contributed by atoms with Gasteiger partial charge in [-0.2, -0.15) is 13.2 Å². The third kappa shape index (κ3) is 6.35. The van der Waals surface area contributed by atoms with E-state index < -0.39 is 12.8 Å². The molecule has 1 N–H and O–H groups in total. The quantitative estimate of drug-likeness (QED) is 0.759. The average molecular weight is 279 g/mol. The van der Waals surface area contributed by atoms with E-state index in [2.05, 4.69) is 14.7 Å². The molecule has 0 saturated heterocycles. The summed E-state index contributed by atoms with van der Waals surface area (Å²) in [6.45, 7) is 0.773. The highest BCUT2D eigenvalue weighted by Gasteiger charge is 2.27. The summed E-state index contributed by atoms with van der Waals surface area (Å²) in [5.41, 5.74) is 0.740. The standard InChI is InChI=1S/C11H16F3N3O2/c1-9-6-10(16-8-15-9)17(2-4-18)3-5-19-7-11(12,13)14/h6,8,18H,2-5,7H2,1H3. The zero-order valence-corrected chi connectivity index (χ0v) is 10.5. The molecule has 1 rings (SSSR count). The molecule has 0 bridgehead atoms. The molecule has 0 fully saturated rings. The summed E-state index contributed by atoms with van der Waals surface area (Å²) in [5, 5.41) is 8.95. The summed E-state index contributed by atoms with van der Waals surface area (Å²) < 4.78 is 40.2. The van der Waals surface area contributed by atoms with Crippen molar-refractivity contribution in [2.24, 2.45) is 0 Å². The molecule has 8 heteroatoms. The van der Waals surface area contributed by atoms with Crippen LogP contribution in [0.3, 0.4) is 0 Å². The van der Waals surface area contributed by atoms with E-state index in [4.69, 9.17) is 5.11 Å². The fraction of sp³-hybridized carbons (Fsp3) is 0.636. The lowest BCUT2D eigenvalue weighted by Crippen LogP contribution is -2.32. The summed E-state index contributed by atoms with van der Waals surface area (Å²) >= 11 is 0. The first-order valence-corrected chi connectivity index (χ1v) is 5.71. The third-order valence-electron chi connectivity index (χ3n) is 2.25. The summed E-state index contributed by atoms with van der Waals surface area (Å²) in [5.74, 6) is 0.553. The van der Waals surface area contributed by atoms with E-state index in [0.29, 0.717) is 5.82 Å². The Morgan fingerprint density at radius 2 is 2.05 bits per heavy atom. The van der Waals surface area contributed by atoms with Crippen LogP contribution in [0.2, 0.25) is 0 Å². The van der Waals surface area contributed by atoms with Gasteiger partial charge in [0.05, 0.1) is 13.2 Å². The van der Waals surface area contributed by atoms with Gasteiger partial charge in [-0.15, -0.1) is 0 Å². The zero-order chi connectivity index (χ0) is 14.3. The second-order valence-electron chi connectivity index (χ2n) is 3.90. The lowest BCUT2D eigenvalue weighted by atomic mass is 10.4. The topological polar surface area (TPSA) is 58.5 Å². The van der Waals surface area contributed by atoms with E-state index in [0.717, 1.165) is 5.69 Å². The van der Waals surface area contributed by atoms with Gasteiger partial charge >= 0.3 is 6.18 Å². The number of anilines is 1. The second kappa shape index (κ2) is 7.25. The van der Waals surface area contributed by atoms with Crippen molar-refractivity contribution in [2.75, 3.05) is 37.8 Å². The second-order valence-corrected chi connectivity index (χ2v) is 3.90. The van der Waals surface area contributed by atoms with Crippen LogP contribution in [0, 0.1) is 6.92 Å². The molecular weight excluding hydrogens is 263 g/mol. The lowest BCUT2D eigenvalue weighted by molar-refractivity contribution is -0.173. The Hall–Kier alpha value is -1.41. The molecule has 0 atom stereocenters. The molecule has 5 nitrogen and oxygen atoms in total. The molecule has 0 aliphatic carbocycles. The molecule has 0 radical (unpaired) electrons. The highest BCUT2D eigenvalue weighted by molar-refractivity contribution is 5.38. The van der Waals surface area contributed by atoms with E-state index in [9.17, 15) is 13.2 Å². The molecule has 0 unspecified atom stereocenters. The predicted molar refractivity (Wildman–Crippen MR) is 62.9 cm³/mol. The first-order chi connectivity index (χ1) is 8.92. The Morgan fingerprint density at radius 3 is 2.63 bits per heavy atom. The van der Waals surface area contributed by atoms with E-state index >= 15 is 0 Å². The fourth-order valence-electron chi connectivity index (χ4n) is 1.44. The van der Waals surface area contributed by atoms with Crippen molar-refractivity contribution < 1.29 is 23.0 Å². The minimum atomic E-state index is -4.33. The Labute approximate surface area is 109 Å². The number of alkyl halides is 3. The van der Waals surface area contributed by atoms with Crippen LogP contribution in [0.5, 0.6) is 0 Å². The van der Waals surface area contributed by atoms with Crippen molar-refractivity contribution in [2.45, 2.75) is 13.1 Å². The molecule has 0 amide bonds. The maximum absolute atomic E-state index is 11.9. The summed E-state index contributed by atoms with van der Waals surface area (Å²) in [4.78, 5) is 9.59. The Bertz CT molecular complexity index is 388. The normalized spacial score (nSPS) is 11.6. The number of hydrogen-bond acceptors (Lipinski definition) is 5. The van der Waals surface area contributed by atoms with Crippen molar-refractivity contribution in [1.29, 1.82) is 0 Å². The molecule has 1 aromatic rings. The summed E-state index contributed by atoms with van der Waals surface area (Å²) in [6, 6.07) is 1.69. The van der Waals surface area contributed by atoms with Crippen LogP contribution in [0.4, 0.5) is 19.0 Å².